The molecule has 5 rings (SSSR count). The number of nitrogens with one attached hydrogen (secondary N) is 1. The van der Waals surface area contributed by atoms with Gasteiger partial charge in [-0.15, -0.1) is 0 Å². The standard InChI is InChI=1S/C26H20Cl2N4O2/c1-16-22(25-30-24(31-34-25)17-8-3-2-4-9-17)23(18-11-7-12-20(27)14-18)29-26(33)32(16)15-19-10-5-6-13-21(19)28/h2-14,23H,15H2,1H3,(H,29,33). The third-order valence-electron chi connectivity index (χ3n) is 5.75. The lowest BCUT2D eigenvalue weighted by Crippen LogP contribution is -2.45. The van der Waals surface area contributed by atoms with Gasteiger partial charge in [0.05, 0.1) is 18.2 Å². The molecule has 1 aromatic heterocycles. The molecule has 0 saturated carbocycles. The zero-order valence-electron chi connectivity index (χ0n) is 18.2. The van der Waals surface area contributed by atoms with Crippen LogP contribution in [0, 0.1) is 0 Å². The number of allylic oxidation sites excluding steroid dienone is 1. The summed E-state index contributed by atoms with van der Waals surface area (Å²) in [6.45, 7) is 2.16. The van der Waals surface area contributed by atoms with Gasteiger partial charge in [0, 0.05) is 21.3 Å². The Bertz CT molecular complexity index is 1380. The summed E-state index contributed by atoms with van der Waals surface area (Å²) < 4.78 is 5.71. The predicted molar refractivity (Wildman–Crippen MR) is 132 cm³/mol. The van der Waals surface area contributed by atoms with Crippen LogP contribution in [0.1, 0.15) is 30.0 Å². The highest BCUT2D eigenvalue weighted by Gasteiger charge is 2.36. The van der Waals surface area contributed by atoms with Gasteiger partial charge in [-0.2, -0.15) is 4.98 Å². The Morgan fingerprint density at radius 3 is 2.53 bits per heavy atom. The van der Waals surface area contributed by atoms with Crippen LogP contribution in [0.25, 0.3) is 17.0 Å². The van der Waals surface area contributed by atoms with E-state index in [2.05, 4.69) is 15.5 Å². The summed E-state index contributed by atoms with van der Waals surface area (Å²) in [6, 6.07) is 23.6. The lowest BCUT2D eigenvalue weighted by atomic mass is 9.94. The van der Waals surface area contributed by atoms with E-state index in [0.717, 1.165) is 16.7 Å². The molecule has 0 saturated heterocycles. The summed E-state index contributed by atoms with van der Waals surface area (Å²) in [6.07, 6.45) is 0. The number of carbonyl (C=O) groups excluding carboxylic acids is 1. The fourth-order valence-electron chi connectivity index (χ4n) is 4.02. The quantitative estimate of drug-likeness (QED) is 0.336. The van der Waals surface area contributed by atoms with E-state index in [1.54, 1.807) is 17.0 Å². The molecule has 0 aliphatic carbocycles. The lowest BCUT2D eigenvalue weighted by Gasteiger charge is -2.35. The fraction of sp³-hybridized carbons (Fsp3) is 0.115. The van der Waals surface area contributed by atoms with Crippen LogP contribution >= 0.6 is 23.2 Å². The molecule has 0 radical (unpaired) electrons. The first kappa shape index (κ1) is 22.2. The maximum absolute atomic E-state index is 13.2. The van der Waals surface area contributed by atoms with Crippen LogP contribution in [0.2, 0.25) is 10.0 Å². The van der Waals surface area contributed by atoms with Gasteiger partial charge in [-0.3, -0.25) is 4.90 Å². The Hall–Kier alpha value is -3.61. The van der Waals surface area contributed by atoms with Crippen molar-refractivity contribution < 1.29 is 9.32 Å². The molecule has 1 aliphatic rings. The van der Waals surface area contributed by atoms with Crippen LogP contribution in [0.4, 0.5) is 4.79 Å². The Morgan fingerprint density at radius 1 is 1.00 bits per heavy atom. The smallest absolute Gasteiger partial charge is 0.322 e. The topological polar surface area (TPSA) is 71.3 Å². The summed E-state index contributed by atoms with van der Waals surface area (Å²) in [5.41, 5.74) is 3.87. The van der Waals surface area contributed by atoms with Crippen molar-refractivity contribution in [1.82, 2.24) is 20.4 Å². The summed E-state index contributed by atoms with van der Waals surface area (Å²) in [4.78, 5) is 19.5. The molecule has 6 nitrogen and oxygen atoms in total. The Kier molecular flexibility index (Phi) is 6.09. The zero-order valence-corrected chi connectivity index (χ0v) is 19.7. The van der Waals surface area contributed by atoms with Gasteiger partial charge in [-0.1, -0.05) is 89.0 Å². The highest BCUT2D eigenvalue weighted by Crippen LogP contribution is 2.38. The molecule has 1 N–H and O–H groups in total. The first-order valence-corrected chi connectivity index (χ1v) is 11.4. The van der Waals surface area contributed by atoms with Crippen LogP contribution < -0.4 is 5.32 Å². The first-order chi connectivity index (χ1) is 16.5. The lowest BCUT2D eigenvalue weighted by molar-refractivity contribution is 0.203. The van der Waals surface area contributed by atoms with Crippen LogP contribution in [0.15, 0.2) is 89.1 Å². The molecular weight excluding hydrogens is 471 g/mol. The summed E-state index contributed by atoms with van der Waals surface area (Å²) in [7, 11) is 0. The minimum atomic E-state index is -0.516. The van der Waals surface area contributed by atoms with Gasteiger partial charge in [-0.05, 0) is 36.2 Å². The SMILES string of the molecule is CC1=C(c2nc(-c3ccccc3)no2)C(c2cccc(Cl)c2)NC(=O)N1Cc1ccccc1Cl. The number of rotatable bonds is 5. The molecule has 0 spiro atoms. The second-order valence-electron chi connectivity index (χ2n) is 7.90. The van der Waals surface area contributed by atoms with Crippen LogP contribution in [0.3, 0.4) is 0 Å². The molecule has 170 valence electrons. The highest BCUT2D eigenvalue weighted by molar-refractivity contribution is 6.31. The number of carbonyl (C=O) groups is 1. The maximum atomic E-state index is 13.2. The number of urea groups is 1. The number of nitrogens with zero attached hydrogens (tertiary/aromatic N) is 3. The Morgan fingerprint density at radius 2 is 1.76 bits per heavy atom. The number of hydrogen-bond donors (Lipinski definition) is 1. The van der Waals surface area contributed by atoms with E-state index in [0.29, 0.717) is 39.6 Å². The maximum Gasteiger partial charge on any atom is 0.322 e. The number of aromatic nitrogens is 2. The molecular formula is C26H20Cl2N4O2. The minimum Gasteiger partial charge on any atom is -0.334 e. The molecule has 3 aromatic carbocycles. The van der Waals surface area contributed by atoms with E-state index in [9.17, 15) is 4.79 Å². The van der Waals surface area contributed by atoms with Gasteiger partial charge >= 0.3 is 6.03 Å². The van der Waals surface area contributed by atoms with Gasteiger partial charge in [0.2, 0.25) is 5.82 Å². The predicted octanol–water partition coefficient (Wildman–Crippen LogP) is 6.74. The molecule has 2 amide bonds. The van der Waals surface area contributed by atoms with E-state index in [1.807, 2.05) is 73.7 Å². The van der Waals surface area contributed by atoms with Crippen molar-refractivity contribution in [2.75, 3.05) is 0 Å². The molecule has 1 unspecified atom stereocenters. The fourth-order valence-corrected chi connectivity index (χ4v) is 4.41. The van der Waals surface area contributed by atoms with Crippen molar-refractivity contribution in [3.05, 3.63) is 112 Å². The molecule has 2 heterocycles. The molecule has 1 atom stereocenters. The average Bonchev–Trinajstić information content (AvgIpc) is 3.33. The van der Waals surface area contributed by atoms with E-state index in [-0.39, 0.29) is 6.03 Å². The van der Waals surface area contributed by atoms with Crippen molar-refractivity contribution in [3.63, 3.8) is 0 Å². The van der Waals surface area contributed by atoms with E-state index in [4.69, 9.17) is 27.7 Å². The van der Waals surface area contributed by atoms with Crippen molar-refractivity contribution in [2.24, 2.45) is 0 Å². The van der Waals surface area contributed by atoms with Crippen LogP contribution in [-0.2, 0) is 6.54 Å². The third-order valence-corrected chi connectivity index (χ3v) is 6.36. The van der Waals surface area contributed by atoms with Gasteiger partial charge in [0.1, 0.15) is 0 Å². The average molecular weight is 491 g/mol. The monoisotopic (exact) mass is 490 g/mol. The number of hydrogen-bond acceptors (Lipinski definition) is 4. The summed E-state index contributed by atoms with van der Waals surface area (Å²) >= 11 is 12.6. The summed E-state index contributed by atoms with van der Waals surface area (Å²) in [5, 5.41) is 8.42. The van der Waals surface area contributed by atoms with Crippen LogP contribution in [-0.4, -0.2) is 21.1 Å². The molecule has 4 aromatic rings. The van der Waals surface area contributed by atoms with Crippen molar-refractivity contribution >= 4 is 34.8 Å². The van der Waals surface area contributed by atoms with Crippen molar-refractivity contribution in [2.45, 2.75) is 19.5 Å². The second kappa shape index (κ2) is 9.33. The largest absolute Gasteiger partial charge is 0.334 e. The van der Waals surface area contributed by atoms with Crippen molar-refractivity contribution in [1.29, 1.82) is 0 Å². The van der Waals surface area contributed by atoms with Gasteiger partial charge in [0.15, 0.2) is 0 Å². The number of halogens is 2. The first-order valence-electron chi connectivity index (χ1n) is 10.7. The molecule has 0 fully saturated rings. The molecule has 8 heteroatoms. The number of benzene rings is 3. The Labute approximate surface area is 206 Å². The highest BCUT2D eigenvalue weighted by atomic mass is 35.5. The molecule has 0 bridgehead atoms. The van der Waals surface area contributed by atoms with E-state index >= 15 is 0 Å². The Balaban J connectivity index is 1.62. The molecule has 1 aliphatic heterocycles. The normalized spacial score (nSPS) is 16.0. The molecule has 34 heavy (non-hydrogen) atoms. The van der Waals surface area contributed by atoms with Gasteiger partial charge < -0.3 is 9.84 Å². The minimum absolute atomic E-state index is 0.256. The van der Waals surface area contributed by atoms with Gasteiger partial charge in [0.25, 0.3) is 5.89 Å². The summed E-state index contributed by atoms with van der Waals surface area (Å²) in [5.74, 6) is 0.792. The third kappa shape index (κ3) is 4.30. The van der Waals surface area contributed by atoms with Gasteiger partial charge in [-0.25, -0.2) is 4.79 Å². The number of amides is 2. The second-order valence-corrected chi connectivity index (χ2v) is 8.75. The van der Waals surface area contributed by atoms with Crippen LogP contribution in [0.5, 0.6) is 0 Å². The van der Waals surface area contributed by atoms with E-state index < -0.39 is 6.04 Å². The van der Waals surface area contributed by atoms with Crippen molar-refractivity contribution in [3.8, 4) is 11.4 Å². The van der Waals surface area contributed by atoms with E-state index in [1.165, 1.54) is 0 Å². The zero-order chi connectivity index (χ0) is 23.7.